The summed E-state index contributed by atoms with van der Waals surface area (Å²) in [6.07, 6.45) is 10.2. The van der Waals surface area contributed by atoms with E-state index in [4.69, 9.17) is 16.1 Å². The van der Waals surface area contributed by atoms with Crippen molar-refractivity contribution in [2.45, 2.75) is 44.1 Å². The van der Waals surface area contributed by atoms with Gasteiger partial charge in [-0.1, -0.05) is 47.1 Å². The topological polar surface area (TPSA) is 69.8 Å². The number of piperidine rings is 4. The largest absolute Gasteiger partial charge is 0.480 e. The summed E-state index contributed by atoms with van der Waals surface area (Å²) in [6, 6.07) is 12.9. The molecule has 0 radical (unpaired) electrons. The minimum atomic E-state index is -0.832. The van der Waals surface area contributed by atoms with E-state index in [9.17, 15) is 9.90 Å². The molecule has 3 aromatic rings. The second kappa shape index (κ2) is 9.66. The van der Waals surface area contributed by atoms with Gasteiger partial charge in [-0.2, -0.15) is 0 Å². The predicted octanol–water partition coefficient (Wildman–Crippen LogP) is 5.99. The van der Waals surface area contributed by atoms with Crippen LogP contribution >= 0.6 is 11.6 Å². The molecule has 0 amide bonds. The SMILES string of the molecule is O=C(O)C(c1ccc(Cl)cc1)N1CCC(c2noc3cc(C=CC45CCN(CC4)CC5)ccc23)CC1. The molecule has 188 valence electrons. The lowest BCUT2D eigenvalue weighted by Gasteiger charge is -2.47. The number of hydrogen-bond acceptors (Lipinski definition) is 5. The van der Waals surface area contributed by atoms with E-state index in [0.29, 0.717) is 23.5 Å². The summed E-state index contributed by atoms with van der Waals surface area (Å²) in [5, 5.41) is 16.1. The Morgan fingerprint density at radius 2 is 1.75 bits per heavy atom. The molecule has 7 heteroatoms. The standard InChI is InChI=1S/C29H32ClN3O3/c30-23-4-2-22(3-5-23)27(28(34)35)33-14-8-21(9-15-33)26-24-6-1-20(19-25(24)36-31-26)7-10-29-11-16-32(17-12-29)18-13-29/h1-7,10,19,21,27H,8-9,11-18H2,(H,34,35). The Balaban J connectivity index is 1.14. The van der Waals surface area contributed by atoms with Crippen LogP contribution in [0.4, 0.5) is 0 Å². The molecule has 2 bridgehead atoms. The molecule has 0 spiro atoms. The first-order chi connectivity index (χ1) is 17.5. The predicted molar refractivity (Wildman–Crippen MR) is 141 cm³/mol. The molecule has 36 heavy (non-hydrogen) atoms. The van der Waals surface area contributed by atoms with Gasteiger partial charge in [-0.15, -0.1) is 0 Å². The molecule has 5 heterocycles. The summed E-state index contributed by atoms with van der Waals surface area (Å²) in [5.74, 6) is -0.573. The number of nitrogens with zero attached hydrogens (tertiary/aromatic N) is 3. The average Bonchev–Trinajstić information content (AvgIpc) is 3.33. The molecule has 1 N–H and O–H groups in total. The van der Waals surface area contributed by atoms with Crippen molar-refractivity contribution in [1.29, 1.82) is 0 Å². The van der Waals surface area contributed by atoms with Gasteiger partial charge >= 0.3 is 5.97 Å². The molecule has 4 saturated heterocycles. The molecule has 4 fully saturated rings. The Morgan fingerprint density at radius 3 is 2.42 bits per heavy atom. The van der Waals surface area contributed by atoms with Gasteiger partial charge in [0.15, 0.2) is 5.58 Å². The number of halogens is 1. The highest BCUT2D eigenvalue weighted by Gasteiger charge is 2.37. The van der Waals surface area contributed by atoms with Crippen LogP contribution in [-0.2, 0) is 4.79 Å². The van der Waals surface area contributed by atoms with Gasteiger partial charge < -0.3 is 14.5 Å². The highest BCUT2D eigenvalue weighted by molar-refractivity contribution is 6.30. The number of hydrogen-bond donors (Lipinski definition) is 1. The number of likely N-dealkylation sites (tertiary alicyclic amines) is 1. The Morgan fingerprint density at radius 1 is 1.06 bits per heavy atom. The number of carboxylic acid groups (broad SMARTS) is 1. The monoisotopic (exact) mass is 505 g/mol. The maximum Gasteiger partial charge on any atom is 0.325 e. The summed E-state index contributed by atoms with van der Waals surface area (Å²) in [6.45, 7) is 5.06. The van der Waals surface area contributed by atoms with Crippen LogP contribution in [0.2, 0.25) is 5.02 Å². The zero-order valence-electron chi connectivity index (χ0n) is 20.4. The van der Waals surface area contributed by atoms with Crippen LogP contribution in [-0.4, -0.2) is 58.8 Å². The van der Waals surface area contributed by atoms with Gasteiger partial charge in [0, 0.05) is 16.3 Å². The molecule has 6 nitrogen and oxygen atoms in total. The number of rotatable bonds is 6. The van der Waals surface area contributed by atoms with Crippen LogP contribution in [0.25, 0.3) is 17.0 Å². The normalized spacial score (nSPS) is 26.1. The lowest BCUT2D eigenvalue weighted by atomic mass is 9.72. The highest BCUT2D eigenvalue weighted by Crippen LogP contribution is 2.42. The van der Waals surface area contributed by atoms with E-state index >= 15 is 0 Å². The van der Waals surface area contributed by atoms with Crippen LogP contribution in [0.3, 0.4) is 0 Å². The van der Waals surface area contributed by atoms with Crippen LogP contribution in [0, 0.1) is 5.41 Å². The third-order valence-electron chi connectivity index (χ3n) is 8.63. The van der Waals surface area contributed by atoms with Crippen LogP contribution in [0.1, 0.15) is 60.9 Å². The van der Waals surface area contributed by atoms with E-state index < -0.39 is 12.0 Å². The van der Waals surface area contributed by atoms with Crippen molar-refractivity contribution in [2.24, 2.45) is 5.41 Å². The van der Waals surface area contributed by atoms with Gasteiger partial charge in [-0.3, -0.25) is 9.69 Å². The number of aromatic nitrogens is 1. The molecule has 0 saturated carbocycles. The van der Waals surface area contributed by atoms with Crippen molar-refractivity contribution >= 4 is 34.6 Å². The lowest BCUT2D eigenvalue weighted by Crippen LogP contribution is -2.47. The minimum Gasteiger partial charge on any atom is -0.480 e. The van der Waals surface area contributed by atoms with Crippen molar-refractivity contribution in [3.63, 3.8) is 0 Å². The molecular weight excluding hydrogens is 474 g/mol. The van der Waals surface area contributed by atoms with Gasteiger partial charge in [0.05, 0.1) is 5.69 Å². The molecule has 7 rings (SSSR count). The van der Waals surface area contributed by atoms with Gasteiger partial charge in [-0.25, -0.2) is 0 Å². The average molecular weight is 506 g/mol. The van der Waals surface area contributed by atoms with E-state index in [1.165, 1.54) is 38.9 Å². The van der Waals surface area contributed by atoms with Crippen LogP contribution in [0.5, 0.6) is 0 Å². The Labute approximate surface area is 216 Å². The van der Waals surface area contributed by atoms with Gasteiger partial charge in [-0.05, 0) is 106 Å². The van der Waals surface area contributed by atoms with E-state index in [2.05, 4.69) is 40.4 Å². The van der Waals surface area contributed by atoms with Crippen molar-refractivity contribution < 1.29 is 14.4 Å². The summed E-state index contributed by atoms with van der Waals surface area (Å²) in [5.41, 5.74) is 4.11. The Kier molecular flexibility index (Phi) is 6.36. The molecule has 1 aromatic heterocycles. The zero-order chi connectivity index (χ0) is 24.7. The van der Waals surface area contributed by atoms with Crippen LogP contribution < -0.4 is 0 Å². The molecule has 1 unspecified atom stereocenters. The van der Waals surface area contributed by atoms with E-state index in [1.807, 2.05) is 4.90 Å². The molecule has 2 aromatic carbocycles. The number of aliphatic carboxylic acids is 1. The Bertz CT molecular complexity index is 1250. The van der Waals surface area contributed by atoms with Gasteiger partial charge in [0.25, 0.3) is 0 Å². The maximum atomic E-state index is 12.1. The molecule has 0 aliphatic carbocycles. The lowest BCUT2D eigenvalue weighted by molar-refractivity contribution is -0.144. The zero-order valence-corrected chi connectivity index (χ0v) is 21.2. The summed E-state index contributed by atoms with van der Waals surface area (Å²) < 4.78 is 5.78. The summed E-state index contributed by atoms with van der Waals surface area (Å²) in [4.78, 5) is 16.7. The molecule has 4 aliphatic rings. The number of carbonyl (C=O) groups is 1. The summed E-state index contributed by atoms with van der Waals surface area (Å²) in [7, 11) is 0. The number of carboxylic acids is 1. The smallest absolute Gasteiger partial charge is 0.325 e. The van der Waals surface area contributed by atoms with Crippen molar-refractivity contribution in [3.05, 3.63) is 70.4 Å². The fraction of sp³-hybridized carbons (Fsp3) is 0.448. The van der Waals surface area contributed by atoms with E-state index in [1.54, 1.807) is 24.3 Å². The Hall–Kier alpha value is -2.67. The van der Waals surface area contributed by atoms with Gasteiger partial charge in [0.2, 0.25) is 0 Å². The first-order valence-electron chi connectivity index (χ1n) is 13.0. The first-order valence-corrected chi connectivity index (χ1v) is 13.4. The quantitative estimate of drug-likeness (QED) is 0.444. The van der Waals surface area contributed by atoms with E-state index in [0.717, 1.165) is 40.6 Å². The number of fused-ring (bicyclic) bond motifs is 4. The van der Waals surface area contributed by atoms with Crippen molar-refractivity contribution in [1.82, 2.24) is 15.0 Å². The third-order valence-corrected chi connectivity index (χ3v) is 8.88. The molecular formula is C29H32ClN3O3. The number of benzene rings is 2. The second-order valence-electron chi connectivity index (χ2n) is 10.7. The fourth-order valence-electron chi connectivity index (χ4n) is 6.33. The maximum absolute atomic E-state index is 12.1. The van der Waals surface area contributed by atoms with Crippen molar-refractivity contribution in [2.75, 3.05) is 32.7 Å². The third kappa shape index (κ3) is 4.58. The second-order valence-corrected chi connectivity index (χ2v) is 11.1. The molecule has 4 aliphatic heterocycles. The van der Waals surface area contributed by atoms with Gasteiger partial charge in [0.1, 0.15) is 6.04 Å². The fourth-order valence-corrected chi connectivity index (χ4v) is 6.46. The molecule has 1 atom stereocenters. The highest BCUT2D eigenvalue weighted by atomic mass is 35.5. The summed E-state index contributed by atoms with van der Waals surface area (Å²) >= 11 is 6.00. The van der Waals surface area contributed by atoms with Crippen LogP contribution in [0.15, 0.2) is 53.1 Å². The first kappa shape index (κ1) is 23.7. The number of allylic oxidation sites excluding steroid dienone is 1. The van der Waals surface area contributed by atoms with Crippen molar-refractivity contribution in [3.8, 4) is 0 Å². The van der Waals surface area contributed by atoms with E-state index in [-0.39, 0.29) is 5.92 Å². The minimum absolute atomic E-state index is 0.259.